The average molecular weight is 298 g/mol. The van der Waals surface area contributed by atoms with E-state index in [-0.39, 0.29) is 11.6 Å². The van der Waals surface area contributed by atoms with Gasteiger partial charge in [0, 0.05) is 12.6 Å². The summed E-state index contributed by atoms with van der Waals surface area (Å²) in [6.07, 6.45) is 0.607. The summed E-state index contributed by atoms with van der Waals surface area (Å²) in [6.45, 7) is 1.69. The summed E-state index contributed by atoms with van der Waals surface area (Å²) in [7, 11) is 0. The number of nitro groups is 1. The molecular weight excluding hydrogens is 286 g/mol. The Labute approximate surface area is 118 Å². The Morgan fingerprint density at radius 1 is 1.38 bits per heavy atom. The molecule has 0 aliphatic heterocycles. The van der Waals surface area contributed by atoms with E-state index in [2.05, 4.69) is 10.2 Å². The molecule has 21 heavy (non-hydrogen) atoms. The highest BCUT2D eigenvalue weighted by Gasteiger charge is 2.26. The van der Waals surface area contributed by atoms with Gasteiger partial charge in [0.15, 0.2) is 11.6 Å². The summed E-state index contributed by atoms with van der Waals surface area (Å²) in [6, 6.07) is 1.56. The number of hydrogen-bond acceptors (Lipinski definition) is 5. The maximum absolute atomic E-state index is 14.2. The van der Waals surface area contributed by atoms with Gasteiger partial charge in [-0.05, 0) is 12.5 Å². The lowest BCUT2D eigenvalue weighted by atomic mass is 10.1. The van der Waals surface area contributed by atoms with Crippen molar-refractivity contribution in [1.29, 1.82) is 0 Å². The summed E-state index contributed by atoms with van der Waals surface area (Å²) in [4.78, 5) is 9.81. The molecule has 0 aliphatic carbocycles. The molecule has 7 nitrogen and oxygen atoms in total. The third-order valence-electron chi connectivity index (χ3n) is 2.91. The van der Waals surface area contributed by atoms with Gasteiger partial charge in [-0.3, -0.25) is 10.1 Å². The first-order chi connectivity index (χ1) is 10.0. The van der Waals surface area contributed by atoms with E-state index in [1.54, 1.807) is 0 Å². The van der Waals surface area contributed by atoms with Gasteiger partial charge in [-0.1, -0.05) is 6.92 Å². The topological polar surface area (TPSA) is 94.1 Å². The van der Waals surface area contributed by atoms with Crippen molar-refractivity contribution in [2.24, 2.45) is 0 Å². The molecule has 0 saturated heterocycles. The monoisotopic (exact) mass is 298 g/mol. The molecule has 1 N–H and O–H groups in total. The SMILES string of the molecule is CCCn1c(CO)nnc1-c1c(F)ccc([N+](=O)[O-])c1F. The summed E-state index contributed by atoms with van der Waals surface area (Å²) < 4.78 is 29.4. The smallest absolute Gasteiger partial charge is 0.305 e. The van der Waals surface area contributed by atoms with Crippen LogP contribution in [0.1, 0.15) is 19.2 Å². The second kappa shape index (κ2) is 5.92. The van der Waals surface area contributed by atoms with Crippen molar-refractivity contribution in [3.63, 3.8) is 0 Å². The van der Waals surface area contributed by atoms with Gasteiger partial charge < -0.3 is 9.67 Å². The molecule has 0 amide bonds. The van der Waals surface area contributed by atoms with E-state index >= 15 is 0 Å². The lowest BCUT2D eigenvalue weighted by Crippen LogP contribution is -2.07. The van der Waals surface area contributed by atoms with Crippen molar-refractivity contribution in [3.8, 4) is 11.4 Å². The van der Waals surface area contributed by atoms with Gasteiger partial charge in [0.25, 0.3) is 0 Å². The normalized spacial score (nSPS) is 10.9. The second-order valence-corrected chi connectivity index (χ2v) is 4.26. The number of rotatable bonds is 5. The predicted molar refractivity (Wildman–Crippen MR) is 68.2 cm³/mol. The van der Waals surface area contributed by atoms with Crippen LogP contribution in [0.5, 0.6) is 0 Å². The van der Waals surface area contributed by atoms with Crippen molar-refractivity contribution in [3.05, 3.63) is 39.7 Å². The molecule has 0 aliphatic rings. The van der Waals surface area contributed by atoms with Crippen molar-refractivity contribution in [1.82, 2.24) is 14.8 Å². The molecule has 112 valence electrons. The zero-order chi connectivity index (χ0) is 15.6. The minimum atomic E-state index is -1.31. The fraction of sp³-hybridized carbons (Fsp3) is 0.333. The third kappa shape index (κ3) is 2.59. The maximum atomic E-state index is 14.2. The Morgan fingerprint density at radius 3 is 2.67 bits per heavy atom. The Hall–Kier alpha value is -2.42. The van der Waals surface area contributed by atoms with Gasteiger partial charge in [-0.15, -0.1) is 10.2 Å². The van der Waals surface area contributed by atoms with Crippen LogP contribution >= 0.6 is 0 Å². The molecule has 2 rings (SSSR count). The van der Waals surface area contributed by atoms with Gasteiger partial charge in [0.05, 0.1) is 10.5 Å². The van der Waals surface area contributed by atoms with Gasteiger partial charge >= 0.3 is 5.69 Å². The molecule has 9 heteroatoms. The summed E-state index contributed by atoms with van der Waals surface area (Å²) >= 11 is 0. The molecule has 0 saturated carbocycles. The molecule has 1 aromatic carbocycles. The molecular formula is C12H12F2N4O3. The van der Waals surface area contributed by atoms with E-state index in [4.69, 9.17) is 5.11 Å². The van der Waals surface area contributed by atoms with Crippen LogP contribution in [0.3, 0.4) is 0 Å². The van der Waals surface area contributed by atoms with Crippen LogP contribution in [-0.4, -0.2) is 24.8 Å². The highest BCUT2D eigenvalue weighted by atomic mass is 19.1. The van der Waals surface area contributed by atoms with Crippen LogP contribution in [0.2, 0.25) is 0 Å². The van der Waals surface area contributed by atoms with E-state index in [1.165, 1.54) is 4.57 Å². The van der Waals surface area contributed by atoms with E-state index in [0.717, 1.165) is 12.1 Å². The molecule has 2 aromatic rings. The van der Waals surface area contributed by atoms with E-state index < -0.39 is 34.4 Å². The summed E-state index contributed by atoms with van der Waals surface area (Å²) in [5.41, 5.74) is -1.46. The van der Waals surface area contributed by atoms with Crippen LogP contribution in [0.25, 0.3) is 11.4 Å². The minimum Gasteiger partial charge on any atom is -0.388 e. The molecule has 1 heterocycles. The lowest BCUT2D eigenvalue weighted by molar-refractivity contribution is -0.387. The van der Waals surface area contributed by atoms with E-state index in [9.17, 15) is 18.9 Å². The number of aromatic nitrogens is 3. The van der Waals surface area contributed by atoms with Crippen molar-refractivity contribution in [2.75, 3.05) is 0 Å². The Morgan fingerprint density at radius 2 is 2.10 bits per heavy atom. The number of hydrogen-bond donors (Lipinski definition) is 1. The van der Waals surface area contributed by atoms with Gasteiger partial charge in [0.2, 0.25) is 5.82 Å². The Bertz CT molecular complexity index is 687. The zero-order valence-electron chi connectivity index (χ0n) is 11.1. The standard InChI is InChI=1S/C12H12F2N4O3/c1-2-5-17-9(6-19)15-16-12(17)10-7(13)3-4-8(11(10)14)18(20)21/h3-4,19H,2,5-6H2,1H3. The van der Waals surface area contributed by atoms with Crippen LogP contribution in [0.15, 0.2) is 12.1 Å². The molecule has 0 radical (unpaired) electrons. The fourth-order valence-corrected chi connectivity index (χ4v) is 1.98. The molecule has 0 spiro atoms. The van der Waals surface area contributed by atoms with Crippen LogP contribution in [-0.2, 0) is 13.2 Å². The minimum absolute atomic E-state index is 0.136. The largest absolute Gasteiger partial charge is 0.388 e. The van der Waals surface area contributed by atoms with Crippen molar-refractivity contribution in [2.45, 2.75) is 26.5 Å². The lowest BCUT2D eigenvalue weighted by Gasteiger charge is -2.09. The molecule has 0 bridgehead atoms. The van der Waals surface area contributed by atoms with Crippen molar-refractivity contribution >= 4 is 5.69 Å². The molecule has 0 atom stereocenters. The molecule has 0 fully saturated rings. The first-order valence-electron chi connectivity index (χ1n) is 6.16. The van der Waals surface area contributed by atoms with Crippen LogP contribution < -0.4 is 0 Å². The summed E-state index contributed by atoms with van der Waals surface area (Å²) in [5.74, 6) is -2.33. The van der Waals surface area contributed by atoms with E-state index in [0.29, 0.717) is 13.0 Å². The zero-order valence-corrected chi connectivity index (χ0v) is 11.1. The number of benzene rings is 1. The molecule has 0 unspecified atom stereocenters. The Kier molecular flexibility index (Phi) is 4.22. The van der Waals surface area contributed by atoms with Gasteiger partial charge in [-0.2, -0.15) is 4.39 Å². The third-order valence-corrected chi connectivity index (χ3v) is 2.91. The Balaban J connectivity index is 2.69. The number of halogens is 2. The highest BCUT2D eigenvalue weighted by molar-refractivity contribution is 5.62. The first-order valence-corrected chi connectivity index (χ1v) is 6.16. The van der Waals surface area contributed by atoms with Gasteiger partial charge in [-0.25, -0.2) is 4.39 Å². The maximum Gasteiger partial charge on any atom is 0.305 e. The van der Waals surface area contributed by atoms with E-state index in [1.807, 2.05) is 6.92 Å². The quantitative estimate of drug-likeness (QED) is 0.673. The number of nitro benzene ring substituents is 1. The number of aliphatic hydroxyl groups is 1. The molecule has 1 aromatic heterocycles. The predicted octanol–water partition coefficient (Wildman–Crippen LogP) is 2.03. The highest BCUT2D eigenvalue weighted by Crippen LogP contribution is 2.31. The van der Waals surface area contributed by atoms with Crippen molar-refractivity contribution < 1.29 is 18.8 Å². The fourth-order valence-electron chi connectivity index (χ4n) is 1.98. The second-order valence-electron chi connectivity index (χ2n) is 4.26. The van der Waals surface area contributed by atoms with Crippen LogP contribution in [0.4, 0.5) is 14.5 Å². The summed E-state index contributed by atoms with van der Waals surface area (Å²) in [5, 5.41) is 27.2. The number of aliphatic hydroxyl groups excluding tert-OH is 1. The average Bonchev–Trinajstić information content (AvgIpc) is 2.82. The van der Waals surface area contributed by atoms with Gasteiger partial charge in [0.1, 0.15) is 12.4 Å². The van der Waals surface area contributed by atoms with Crippen LogP contribution in [0, 0.1) is 21.7 Å². The number of nitrogens with zero attached hydrogens (tertiary/aromatic N) is 4. The first kappa shape index (κ1) is 15.0.